The van der Waals surface area contributed by atoms with Crippen molar-refractivity contribution in [1.29, 1.82) is 0 Å². The molecule has 2 N–H and O–H groups in total. The number of nitrogens with zero attached hydrogens (tertiary/aromatic N) is 1. The molecule has 1 aromatic rings. The second-order valence-electron chi connectivity index (χ2n) is 5.87. The summed E-state index contributed by atoms with van der Waals surface area (Å²) in [5.74, 6) is 0. The third-order valence-electron chi connectivity index (χ3n) is 4.74. The molecule has 0 aromatic carbocycles. The highest BCUT2D eigenvalue weighted by atomic mass is 35.5. The van der Waals surface area contributed by atoms with Crippen LogP contribution in [0.4, 0.5) is 0 Å². The highest BCUT2D eigenvalue weighted by Gasteiger charge is 2.39. The summed E-state index contributed by atoms with van der Waals surface area (Å²) in [6.45, 7) is 9.06. The first kappa shape index (κ1) is 15.3. The SMILES string of the molecule is CCC1(CC)CCN(C(c2ccc(Cl)s2)C(C)N)C1. The average Bonchev–Trinajstić information content (AvgIpc) is 2.97. The molecule has 2 rings (SSSR count). The van der Waals surface area contributed by atoms with Crippen LogP contribution in [0.2, 0.25) is 4.34 Å². The van der Waals surface area contributed by atoms with Gasteiger partial charge in [0.2, 0.25) is 0 Å². The van der Waals surface area contributed by atoms with E-state index in [1.165, 1.54) is 30.7 Å². The summed E-state index contributed by atoms with van der Waals surface area (Å²) >= 11 is 7.76. The Labute approximate surface area is 125 Å². The Bertz CT molecular complexity index is 412. The van der Waals surface area contributed by atoms with E-state index in [1.54, 1.807) is 11.3 Å². The fraction of sp³-hybridized carbons (Fsp3) is 0.733. The van der Waals surface area contributed by atoms with Gasteiger partial charge in [-0.2, -0.15) is 0 Å². The summed E-state index contributed by atoms with van der Waals surface area (Å²) in [7, 11) is 0. The zero-order valence-electron chi connectivity index (χ0n) is 12.2. The summed E-state index contributed by atoms with van der Waals surface area (Å²) in [5, 5.41) is 0. The van der Waals surface area contributed by atoms with Crippen molar-refractivity contribution >= 4 is 22.9 Å². The van der Waals surface area contributed by atoms with Crippen molar-refractivity contribution in [2.45, 2.75) is 52.1 Å². The van der Waals surface area contributed by atoms with E-state index in [1.807, 2.05) is 6.07 Å². The summed E-state index contributed by atoms with van der Waals surface area (Å²) in [5.41, 5.74) is 6.75. The van der Waals surface area contributed by atoms with Gasteiger partial charge in [-0.1, -0.05) is 25.4 Å². The highest BCUT2D eigenvalue weighted by Crippen LogP contribution is 2.42. The monoisotopic (exact) mass is 300 g/mol. The smallest absolute Gasteiger partial charge is 0.0931 e. The normalized spacial score (nSPS) is 22.6. The molecule has 2 unspecified atom stereocenters. The second kappa shape index (κ2) is 6.13. The van der Waals surface area contributed by atoms with Gasteiger partial charge in [0.15, 0.2) is 0 Å². The molecule has 1 saturated heterocycles. The molecule has 0 bridgehead atoms. The maximum Gasteiger partial charge on any atom is 0.0931 e. The summed E-state index contributed by atoms with van der Waals surface area (Å²) in [6, 6.07) is 4.58. The zero-order chi connectivity index (χ0) is 14.0. The molecule has 2 atom stereocenters. The van der Waals surface area contributed by atoms with Crippen LogP contribution in [0.15, 0.2) is 12.1 Å². The molecular weight excluding hydrogens is 276 g/mol. The van der Waals surface area contributed by atoms with Crippen molar-refractivity contribution in [3.8, 4) is 0 Å². The van der Waals surface area contributed by atoms with E-state index in [0.29, 0.717) is 11.5 Å². The molecule has 2 heterocycles. The van der Waals surface area contributed by atoms with Crippen molar-refractivity contribution in [2.24, 2.45) is 11.1 Å². The summed E-state index contributed by atoms with van der Waals surface area (Å²) in [4.78, 5) is 3.88. The maximum absolute atomic E-state index is 6.25. The predicted octanol–water partition coefficient (Wildman–Crippen LogP) is 4.30. The van der Waals surface area contributed by atoms with Crippen LogP contribution in [0, 0.1) is 5.41 Å². The molecule has 1 fully saturated rings. The number of likely N-dealkylation sites (tertiary alicyclic amines) is 1. The molecule has 0 spiro atoms. The molecule has 2 nitrogen and oxygen atoms in total. The minimum Gasteiger partial charge on any atom is -0.326 e. The molecule has 108 valence electrons. The van der Waals surface area contributed by atoms with Crippen LogP contribution in [0.1, 0.15) is 51.0 Å². The van der Waals surface area contributed by atoms with Gasteiger partial charge in [-0.15, -0.1) is 11.3 Å². The van der Waals surface area contributed by atoms with Crippen LogP contribution in [0.25, 0.3) is 0 Å². The quantitative estimate of drug-likeness (QED) is 0.878. The molecule has 19 heavy (non-hydrogen) atoms. The number of halogens is 1. The lowest BCUT2D eigenvalue weighted by atomic mass is 9.82. The topological polar surface area (TPSA) is 29.3 Å². The van der Waals surface area contributed by atoms with Crippen LogP contribution in [0.5, 0.6) is 0 Å². The largest absolute Gasteiger partial charge is 0.326 e. The first-order valence-corrected chi connectivity index (χ1v) is 8.45. The van der Waals surface area contributed by atoms with Gasteiger partial charge in [0.1, 0.15) is 0 Å². The zero-order valence-corrected chi connectivity index (χ0v) is 13.7. The number of thiophene rings is 1. The number of hydrogen-bond acceptors (Lipinski definition) is 3. The van der Waals surface area contributed by atoms with Crippen LogP contribution in [-0.2, 0) is 0 Å². The Balaban J connectivity index is 2.18. The lowest BCUT2D eigenvalue weighted by Gasteiger charge is -2.33. The first-order valence-electron chi connectivity index (χ1n) is 7.26. The van der Waals surface area contributed by atoms with Crippen molar-refractivity contribution in [3.05, 3.63) is 21.3 Å². The Morgan fingerprint density at radius 2 is 2.11 bits per heavy atom. The van der Waals surface area contributed by atoms with Crippen molar-refractivity contribution in [3.63, 3.8) is 0 Å². The molecule has 4 heteroatoms. The van der Waals surface area contributed by atoms with Gasteiger partial charge >= 0.3 is 0 Å². The summed E-state index contributed by atoms with van der Waals surface area (Å²) < 4.78 is 0.858. The van der Waals surface area contributed by atoms with Crippen LogP contribution < -0.4 is 5.73 Å². The van der Waals surface area contributed by atoms with Crippen LogP contribution in [-0.4, -0.2) is 24.0 Å². The van der Waals surface area contributed by atoms with Crippen LogP contribution in [0.3, 0.4) is 0 Å². The van der Waals surface area contributed by atoms with Crippen molar-refractivity contribution in [1.82, 2.24) is 4.90 Å². The van der Waals surface area contributed by atoms with Gasteiger partial charge in [0.05, 0.1) is 10.4 Å². The van der Waals surface area contributed by atoms with E-state index < -0.39 is 0 Å². The van der Waals surface area contributed by atoms with Gasteiger partial charge < -0.3 is 5.73 Å². The minimum absolute atomic E-state index is 0.138. The third kappa shape index (κ3) is 3.15. The fourth-order valence-electron chi connectivity index (χ4n) is 3.29. The average molecular weight is 301 g/mol. The third-order valence-corrected chi connectivity index (χ3v) is 6.05. The first-order chi connectivity index (χ1) is 9.01. The van der Waals surface area contributed by atoms with Gasteiger partial charge in [0, 0.05) is 17.5 Å². The number of rotatable bonds is 5. The van der Waals surface area contributed by atoms with Gasteiger partial charge in [-0.25, -0.2) is 0 Å². The second-order valence-corrected chi connectivity index (χ2v) is 7.62. The van der Waals surface area contributed by atoms with Crippen LogP contribution >= 0.6 is 22.9 Å². The molecule has 0 amide bonds. The lowest BCUT2D eigenvalue weighted by molar-refractivity contribution is 0.180. The standard InChI is InChI=1S/C15H25ClN2S/c1-4-15(5-2)8-9-18(10-15)14(11(3)17)12-6-7-13(16)19-12/h6-7,11,14H,4-5,8-10,17H2,1-3H3. The van der Waals surface area contributed by atoms with E-state index in [-0.39, 0.29) is 6.04 Å². The van der Waals surface area contributed by atoms with E-state index >= 15 is 0 Å². The van der Waals surface area contributed by atoms with Gasteiger partial charge in [0.25, 0.3) is 0 Å². The van der Waals surface area contributed by atoms with Gasteiger partial charge in [-0.05, 0) is 50.3 Å². The maximum atomic E-state index is 6.25. The Hall–Kier alpha value is -0.0900. The summed E-state index contributed by atoms with van der Waals surface area (Å²) in [6.07, 6.45) is 3.82. The molecule has 0 radical (unpaired) electrons. The lowest BCUT2D eigenvalue weighted by Crippen LogP contribution is -2.39. The highest BCUT2D eigenvalue weighted by molar-refractivity contribution is 7.16. The van der Waals surface area contributed by atoms with E-state index in [9.17, 15) is 0 Å². The molecule has 0 aliphatic carbocycles. The van der Waals surface area contributed by atoms with E-state index in [0.717, 1.165) is 10.9 Å². The van der Waals surface area contributed by atoms with Gasteiger partial charge in [-0.3, -0.25) is 4.90 Å². The van der Waals surface area contributed by atoms with E-state index in [4.69, 9.17) is 17.3 Å². The molecule has 1 aliphatic heterocycles. The minimum atomic E-state index is 0.138. The Kier molecular flexibility index (Phi) is 4.93. The molecular formula is C15H25ClN2S. The van der Waals surface area contributed by atoms with Crippen molar-refractivity contribution in [2.75, 3.05) is 13.1 Å². The molecule has 0 saturated carbocycles. The van der Waals surface area contributed by atoms with Crippen molar-refractivity contribution < 1.29 is 0 Å². The molecule has 1 aliphatic rings. The molecule has 1 aromatic heterocycles. The predicted molar refractivity (Wildman–Crippen MR) is 84.9 cm³/mol. The Morgan fingerprint density at radius 3 is 2.53 bits per heavy atom. The van der Waals surface area contributed by atoms with E-state index in [2.05, 4.69) is 31.7 Å². The Morgan fingerprint density at radius 1 is 1.42 bits per heavy atom. The number of hydrogen-bond donors (Lipinski definition) is 1. The fourth-order valence-corrected chi connectivity index (χ4v) is 4.61. The number of nitrogens with two attached hydrogens (primary N) is 1.